The van der Waals surface area contributed by atoms with E-state index in [-0.39, 0.29) is 25.0 Å². The van der Waals surface area contributed by atoms with Crippen molar-refractivity contribution in [2.24, 2.45) is 0 Å². The van der Waals surface area contributed by atoms with Gasteiger partial charge in [-0.05, 0) is 36.8 Å². The molecule has 0 fully saturated rings. The Kier molecular flexibility index (Phi) is 6.71. The fourth-order valence-electron chi connectivity index (χ4n) is 2.64. The van der Waals surface area contributed by atoms with Gasteiger partial charge in [0.05, 0.1) is 6.61 Å². The molecule has 2 amide bonds. The highest BCUT2D eigenvalue weighted by Crippen LogP contribution is 2.16. The van der Waals surface area contributed by atoms with Gasteiger partial charge in [0, 0.05) is 37.0 Å². The summed E-state index contributed by atoms with van der Waals surface area (Å²) in [4.78, 5) is 28.5. The van der Waals surface area contributed by atoms with Crippen LogP contribution in [0.15, 0.2) is 54.6 Å². The molecule has 0 aliphatic carbocycles. The fraction of sp³-hybridized carbons (Fsp3) is 0.300. The third kappa shape index (κ3) is 4.67. The van der Waals surface area contributed by atoms with Gasteiger partial charge in [-0.1, -0.05) is 31.2 Å². The van der Waals surface area contributed by atoms with Crippen LogP contribution in [0.25, 0.3) is 0 Å². The summed E-state index contributed by atoms with van der Waals surface area (Å²) in [6.07, 6.45) is 0.807. The average molecular weight is 340 g/mol. The van der Waals surface area contributed by atoms with E-state index in [0.29, 0.717) is 17.7 Å². The molecule has 1 N–H and O–H groups in total. The molecular formula is C20H24N2O3. The lowest BCUT2D eigenvalue weighted by Gasteiger charge is -2.22. The number of anilines is 1. The second-order valence-electron chi connectivity index (χ2n) is 5.80. The van der Waals surface area contributed by atoms with Crippen molar-refractivity contribution in [2.75, 3.05) is 31.6 Å². The summed E-state index contributed by atoms with van der Waals surface area (Å²) in [5, 5.41) is 9.15. The minimum atomic E-state index is -0.176. The maximum atomic E-state index is 12.7. The predicted octanol–water partition coefficient (Wildman–Crippen LogP) is 2.81. The number of carbonyl (C=O) groups excluding carboxylic acids is 2. The van der Waals surface area contributed by atoms with Crippen LogP contribution in [0.2, 0.25) is 0 Å². The summed E-state index contributed by atoms with van der Waals surface area (Å²) in [5.74, 6) is -0.349. The van der Waals surface area contributed by atoms with Gasteiger partial charge >= 0.3 is 0 Å². The lowest BCUT2D eigenvalue weighted by atomic mass is 10.1. The van der Waals surface area contributed by atoms with Crippen LogP contribution in [0, 0.1) is 0 Å². The lowest BCUT2D eigenvalue weighted by molar-refractivity contribution is 0.0722. The Morgan fingerprint density at radius 3 is 2.16 bits per heavy atom. The highest BCUT2D eigenvalue weighted by molar-refractivity contribution is 6.07. The van der Waals surface area contributed by atoms with Crippen LogP contribution in [-0.4, -0.2) is 48.6 Å². The largest absolute Gasteiger partial charge is 0.395 e. The second-order valence-corrected chi connectivity index (χ2v) is 5.80. The summed E-state index contributed by atoms with van der Waals surface area (Å²) in [5.41, 5.74) is 1.70. The van der Waals surface area contributed by atoms with Crippen molar-refractivity contribution in [3.8, 4) is 0 Å². The smallest absolute Gasteiger partial charge is 0.258 e. The quantitative estimate of drug-likeness (QED) is 0.843. The number of nitrogens with zero attached hydrogens (tertiary/aromatic N) is 2. The maximum Gasteiger partial charge on any atom is 0.258 e. The van der Waals surface area contributed by atoms with Crippen LogP contribution in [0.4, 0.5) is 5.69 Å². The molecule has 0 aromatic heterocycles. The Morgan fingerprint density at radius 1 is 0.920 bits per heavy atom. The van der Waals surface area contributed by atoms with Crippen LogP contribution < -0.4 is 4.90 Å². The van der Waals surface area contributed by atoms with Crippen molar-refractivity contribution in [2.45, 2.75) is 13.3 Å². The standard InChI is InChI=1S/C20H24N2O3/c1-3-12-22(13-14-23)20(25)17-9-7-8-16(15-17)19(24)21(2)18-10-5-4-6-11-18/h4-11,15,23H,3,12-14H2,1-2H3. The molecule has 0 heterocycles. The molecule has 0 bridgehead atoms. The average Bonchev–Trinajstić information content (AvgIpc) is 2.67. The number of amides is 2. The van der Waals surface area contributed by atoms with Crippen molar-refractivity contribution in [3.63, 3.8) is 0 Å². The molecule has 5 heteroatoms. The van der Waals surface area contributed by atoms with Gasteiger partial charge in [0.2, 0.25) is 0 Å². The first kappa shape index (κ1) is 18.7. The first-order valence-electron chi connectivity index (χ1n) is 8.41. The molecule has 0 unspecified atom stereocenters. The SMILES string of the molecule is CCCN(CCO)C(=O)c1cccc(C(=O)N(C)c2ccccc2)c1. The molecule has 0 saturated heterocycles. The van der Waals surface area contributed by atoms with Crippen molar-refractivity contribution in [3.05, 3.63) is 65.7 Å². The fourth-order valence-corrected chi connectivity index (χ4v) is 2.64. The first-order valence-corrected chi connectivity index (χ1v) is 8.41. The monoisotopic (exact) mass is 340 g/mol. The Hall–Kier alpha value is -2.66. The number of aliphatic hydroxyl groups excluding tert-OH is 1. The minimum Gasteiger partial charge on any atom is -0.395 e. The van der Waals surface area contributed by atoms with E-state index in [0.717, 1.165) is 12.1 Å². The van der Waals surface area contributed by atoms with Crippen molar-refractivity contribution in [1.82, 2.24) is 4.90 Å². The summed E-state index contributed by atoms with van der Waals surface area (Å²) in [6, 6.07) is 16.1. The third-order valence-corrected chi connectivity index (χ3v) is 3.96. The predicted molar refractivity (Wildman–Crippen MR) is 98.9 cm³/mol. The van der Waals surface area contributed by atoms with E-state index in [4.69, 9.17) is 5.11 Å². The highest BCUT2D eigenvalue weighted by Gasteiger charge is 2.18. The summed E-state index contributed by atoms with van der Waals surface area (Å²) >= 11 is 0. The Bertz CT molecular complexity index is 710. The Morgan fingerprint density at radius 2 is 1.56 bits per heavy atom. The summed E-state index contributed by atoms with van der Waals surface area (Å²) < 4.78 is 0. The van der Waals surface area contributed by atoms with Gasteiger partial charge in [0.15, 0.2) is 0 Å². The number of rotatable bonds is 7. The number of para-hydroxylation sites is 1. The molecule has 0 aliphatic rings. The first-order chi connectivity index (χ1) is 12.1. The molecule has 25 heavy (non-hydrogen) atoms. The molecule has 0 atom stereocenters. The highest BCUT2D eigenvalue weighted by atomic mass is 16.3. The molecule has 132 valence electrons. The van der Waals surface area contributed by atoms with Crippen LogP contribution in [0.5, 0.6) is 0 Å². The van der Waals surface area contributed by atoms with Gasteiger partial charge in [-0.2, -0.15) is 0 Å². The number of aliphatic hydroxyl groups is 1. The van der Waals surface area contributed by atoms with E-state index >= 15 is 0 Å². The van der Waals surface area contributed by atoms with Crippen LogP contribution in [-0.2, 0) is 0 Å². The van der Waals surface area contributed by atoms with Crippen LogP contribution in [0.1, 0.15) is 34.1 Å². The molecule has 2 aromatic rings. The molecule has 0 saturated carbocycles. The number of carbonyl (C=O) groups is 2. The maximum absolute atomic E-state index is 12.7. The summed E-state index contributed by atoms with van der Waals surface area (Å²) in [6.45, 7) is 2.75. The van der Waals surface area contributed by atoms with Crippen molar-refractivity contribution in [1.29, 1.82) is 0 Å². The van der Waals surface area contributed by atoms with E-state index < -0.39 is 0 Å². The van der Waals surface area contributed by atoms with Crippen molar-refractivity contribution < 1.29 is 14.7 Å². The number of hydrogen-bond donors (Lipinski definition) is 1. The zero-order valence-electron chi connectivity index (χ0n) is 14.7. The topological polar surface area (TPSA) is 60.9 Å². The third-order valence-electron chi connectivity index (χ3n) is 3.96. The minimum absolute atomic E-state index is 0.0822. The molecule has 0 radical (unpaired) electrons. The van der Waals surface area contributed by atoms with E-state index in [1.807, 2.05) is 37.3 Å². The van der Waals surface area contributed by atoms with E-state index in [1.165, 1.54) is 0 Å². The van der Waals surface area contributed by atoms with Gasteiger partial charge in [-0.15, -0.1) is 0 Å². The number of benzene rings is 2. The van der Waals surface area contributed by atoms with Crippen LogP contribution in [0.3, 0.4) is 0 Å². The zero-order chi connectivity index (χ0) is 18.2. The van der Waals surface area contributed by atoms with Gasteiger partial charge in [0.25, 0.3) is 11.8 Å². The lowest BCUT2D eigenvalue weighted by Crippen LogP contribution is -2.34. The summed E-state index contributed by atoms with van der Waals surface area (Å²) in [7, 11) is 1.71. The molecule has 5 nitrogen and oxygen atoms in total. The molecule has 0 spiro atoms. The van der Waals surface area contributed by atoms with Gasteiger partial charge in [0.1, 0.15) is 0 Å². The second kappa shape index (κ2) is 8.99. The molecule has 2 aromatic carbocycles. The molecule has 2 rings (SSSR count). The Labute approximate surface area is 148 Å². The van der Waals surface area contributed by atoms with Gasteiger partial charge in [-0.3, -0.25) is 9.59 Å². The van der Waals surface area contributed by atoms with E-state index in [1.54, 1.807) is 41.1 Å². The number of hydrogen-bond acceptors (Lipinski definition) is 3. The van der Waals surface area contributed by atoms with Crippen LogP contribution >= 0.6 is 0 Å². The molecule has 0 aliphatic heterocycles. The zero-order valence-corrected chi connectivity index (χ0v) is 14.7. The normalized spacial score (nSPS) is 10.4. The van der Waals surface area contributed by atoms with E-state index in [2.05, 4.69) is 0 Å². The van der Waals surface area contributed by atoms with E-state index in [9.17, 15) is 9.59 Å². The van der Waals surface area contributed by atoms with Gasteiger partial charge in [-0.25, -0.2) is 0 Å². The van der Waals surface area contributed by atoms with Crippen molar-refractivity contribution >= 4 is 17.5 Å². The Balaban J connectivity index is 2.23. The molecular weight excluding hydrogens is 316 g/mol. The van der Waals surface area contributed by atoms with Gasteiger partial charge < -0.3 is 14.9 Å².